The molecule has 0 heterocycles. The molecule has 1 nitrogen and oxygen atoms in total. The molecule has 18 heavy (non-hydrogen) atoms. The first kappa shape index (κ1) is 14.5. The first-order valence-corrected chi connectivity index (χ1v) is 6.39. The normalized spacial score (nSPS) is 11.6. The van der Waals surface area contributed by atoms with E-state index in [0.717, 1.165) is 0 Å². The SMILES string of the molecule is CC(C)C(C)O.c1ccc(-c2ccccc2)cc1. The van der Waals surface area contributed by atoms with E-state index in [2.05, 4.69) is 48.5 Å². The smallest absolute Gasteiger partial charge is 0.0535 e. The van der Waals surface area contributed by atoms with E-state index < -0.39 is 0 Å². The molecule has 2 aromatic carbocycles. The monoisotopic (exact) mass is 242 g/mol. The fourth-order valence-corrected chi connectivity index (χ4v) is 1.26. The van der Waals surface area contributed by atoms with Gasteiger partial charge in [0.05, 0.1) is 6.10 Å². The van der Waals surface area contributed by atoms with E-state index in [0.29, 0.717) is 5.92 Å². The Bertz CT molecular complexity index is 374. The van der Waals surface area contributed by atoms with Crippen molar-refractivity contribution in [3.05, 3.63) is 60.7 Å². The summed E-state index contributed by atoms with van der Waals surface area (Å²) in [5.41, 5.74) is 2.55. The highest BCUT2D eigenvalue weighted by Crippen LogP contribution is 2.17. The second-order valence-electron chi connectivity index (χ2n) is 4.72. The number of hydrogen-bond donors (Lipinski definition) is 1. The van der Waals surface area contributed by atoms with E-state index in [9.17, 15) is 0 Å². The van der Waals surface area contributed by atoms with E-state index in [1.54, 1.807) is 6.92 Å². The third-order valence-corrected chi connectivity index (χ3v) is 2.85. The highest BCUT2D eigenvalue weighted by molar-refractivity contribution is 5.62. The first-order chi connectivity index (χ1) is 8.61. The second-order valence-corrected chi connectivity index (χ2v) is 4.72. The van der Waals surface area contributed by atoms with Gasteiger partial charge in [0.25, 0.3) is 0 Å². The van der Waals surface area contributed by atoms with Crippen LogP contribution >= 0.6 is 0 Å². The Hall–Kier alpha value is -1.60. The van der Waals surface area contributed by atoms with Crippen LogP contribution in [0.4, 0.5) is 0 Å². The maximum Gasteiger partial charge on any atom is 0.0535 e. The van der Waals surface area contributed by atoms with E-state index in [-0.39, 0.29) is 6.10 Å². The van der Waals surface area contributed by atoms with Crippen molar-refractivity contribution in [2.45, 2.75) is 26.9 Å². The molecule has 0 saturated carbocycles. The van der Waals surface area contributed by atoms with Crippen molar-refractivity contribution in [1.29, 1.82) is 0 Å². The van der Waals surface area contributed by atoms with Crippen LogP contribution in [-0.2, 0) is 0 Å². The van der Waals surface area contributed by atoms with E-state index in [1.807, 2.05) is 26.0 Å². The van der Waals surface area contributed by atoms with Crippen molar-refractivity contribution in [2.75, 3.05) is 0 Å². The molecule has 0 amide bonds. The van der Waals surface area contributed by atoms with Gasteiger partial charge in [-0.1, -0.05) is 74.5 Å². The van der Waals surface area contributed by atoms with Crippen molar-refractivity contribution >= 4 is 0 Å². The van der Waals surface area contributed by atoms with Gasteiger partial charge in [-0.25, -0.2) is 0 Å². The molecular weight excluding hydrogens is 220 g/mol. The lowest BCUT2D eigenvalue weighted by Gasteiger charge is -2.04. The summed E-state index contributed by atoms with van der Waals surface area (Å²) in [6.07, 6.45) is -0.148. The molecule has 96 valence electrons. The number of hydrogen-bond acceptors (Lipinski definition) is 1. The Morgan fingerprint density at radius 1 is 0.667 bits per heavy atom. The van der Waals surface area contributed by atoms with Gasteiger partial charge in [0.1, 0.15) is 0 Å². The summed E-state index contributed by atoms with van der Waals surface area (Å²) in [5, 5.41) is 8.63. The lowest BCUT2D eigenvalue weighted by molar-refractivity contribution is 0.144. The summed E-state index contributed by atoms with van der Waals surface area (Å²) >= 11 is 0. The van der Waals surface area contributed by atoms with Crippen LogP contribution in [0.15, 0.2) is 60.7 Å². The number of aliphatic hydroxyl groups is 1. The molecule has 0 spiro atoms. The average molecular weight is 242 g/mol. The van der Waals surface area contributed by atoms with Gasteiger partial charge < -0.3 is 5.11 Å². The topological polar surface area (TPSA) is 20.2 Å². The third kappa shape index (κ3) is 5.15. The second kappa shape index (κ2) is 7.67. The molecule has 0 aromatic heterocycles. The summed E-state index contributed by atoms with van der Waals surface area (Å²) in [5.74, 6) is 0.407. The van der Waals surface area contributed by atoms with Crippen LogP contribution in [0.2, 0.25) is 0 Å². The predicted molar refractivity (Wildman–Crippen MR) is 78.4 cm³/mol. The molecule has 0 aliphatic rings. The molecule has 1 atom stereocenters. The highest BCUT2D eigenvalue weighted by Gasteiger charge is 1.97. The molecule has 0 saturated heterocycles. The fourth-order valence-electron chi connectivity index (χ4n) is 1.26. The van der Waals surface area contributed by atoms with E-state index >= 15 is 0 Å². The third-order valence-electron chi connectivity index (χ3n) is 2.85. The summed E-state index contributed by atoms with van der Waals surface area (Å²) in [7, 11) is 0. The molecule has 0 radical (unpaired) electrons. The van der Waals surface area contributed by atoms with Crippen LogP contribution in [-0.4, -0.2) is 11.2 Å². The summed E-state index contributed by atoms with van der Waals surface area (Å²) in [6, 6.07) is 20.8. The standard InChI is InChI=1S/C12H10.C5H12O/c1-3-7-11(8-4-1)12-9-5-2-6-10-12;1-4(2)5(3)6/h1-10H;4-6H,1-3H3. The van der Waals surface area contributed by atoms with Crippen molar-refractivity contribution in [1.82, 2.24) is 0 Å². The molecule has 1 heteroatoms. The van der Waals surface area contributed by atoms with Crippen LogP contribution in [0.3, 0.4) is 0 Å². The Labute approximate surface area is 110 Å². The maximum atomic E-state index is 8.63. The van der Waals surface area contributed by atoms with Crippen LogP contribution in [0.5, 0.6) is 0 Å². The Morgan fingerprint density at radius 3 is 1.17 bits per heavy atom. The van der Waals surface area contributed by atoms with Gasteiger partial charge in [-0.05, 0) is 24.0 Å². The number of aliphatic hydroxyl groups excluding tert-OH is 1. The molecule has 2 rings (SSSR count). The van der Waals surface area contributed by atoms with Crippen molar-refractivity contribution < 1.29 is 5.11 Å². The van der Waals surface area contributed by atoms with Gasteiger partial charge in [0, 0.05) is 0 Å². The van der Waals surface area contributed by atoms with Gasteiger partial charge in [0.2, 0.25) is 0 Å². The minimum Gasteiger partial charge on any atom is -0.393 e. The van der Waals surface area contributed by atoms with Gasteiger partial charge in [0.15, 0.2) is 0 Å². The molecule has 0 fully saturated rings. The van der Waals surface area contributed by atoms with Crippen molar-refractivity contribution in [3.8, 4) is 11.1 Å². The van der Waals surface area contributed by atoms with Gasteiger partial charge in [-0.15, -0.1) is 0 Å². The maximum absolute atomic E-state index is 8.63. The summed E-state index contributed by atoms with van der Waals surface area (Å²) < 4.78 is 0. The lowest BCUT2D eigenvalue weighted by Crippen LogP contribution is -2.07. The Kier molecular flexibility index (Phi) is 6.16. The van der Waals surface area contributed by atoms with Crippen molar-refractivity contribution in [2.24, 2.45) is 5.92 Å². The van der Waals surface area contributed by atoms with Gasteiger partial charge in [-0.3, -0.25) is 0 Å². The molecule has 0 bridgehead atoms. The summed E-state index contributed by atoms with van der Waals surface area (Å²) in [4.78, 5) is 0. The molecule has 0 aliphatic carbocycles. The van der Waals surface area contributed by atoms with Gasteiger partial charge in [-0.2, -0.15) is 0 Å². The molecular formula is C17H22O. The molecule has 0 aliphatic heterocycles. The summed E-state index contributed by atoms with van der Waals surface area (Å²) in [6.45, 7) is 5.78. The largest absolute Gasteiger partial charge is 0.393 e. The van der Waals surface area contributed by atoms with E-state index in [4.69, 9.17) is 5.11 Å². The number of rotatable bonds is 2. The highest BCUT2D eigenvalue weighted by atomic mass is 16.3. The molecule has 1 unspecified atom stereocenters. The van der Waals surface area contributed by atoms with Crippen LogP contribution in [0.1, 0.15) is 20.8 Å². The molecule has 2 aromatic rings. The van der Waals surface area contributed by atoms with Crippen LogP contribution in [0.25, 0.3) is 11.1 Å². The average Bonchev–Trinajstić information content (AvgIpc) is 2.41. The Balaban J connectivity index is 0.000000232. The number of benzene rings is 2. The molecule has 1 N–H and O–H groups in total. The lowest BCUT2D eigenvalue weighted by atomic mass is 10.1. The van der Waals surface area contributed by atoms with Gasteiger partial charge >= 0.3 is 0 Å². The van der Waals surface area contributed by atoms with Crippen LogP contribution in [0, 0.1) is 5.92 Å². The zero-order chi connectivity index (χ0) is 13.4. The zero-order valence-electron chi connectivity index (χ0n) is 11.4. The fraction of sp³-hybridized carbons (Fsp3) is 0.294. The van der Waals surface area contributed by atoms with E-state index in [1.165, 1.54) is 11.1 Å². The zero-order valence-corrected chi connectivity index (χ0v) is 11.4. The Morgan fingerprint density at radius 2 is 0.944 bits per heavy atom. The minimum absolute atomic E-state index is 0.148. The first-order valence-electron chi connectivity index (χ1n) is 6.39. The predicted octanol–water partition coefficient (Wildman–Crippen LogP) is 4.38. The van der Waals surface area contributed by atoms with Crippen molar-refractivity contribution in [3.63, 3.8) is 0 Å². The minimum atomic E-state index is -0.148. The van der Waals surface area contributed by atoms with Crippen LogP contribution < -0.4 is 0 Å². The quantitative estimate of drug-likeness (QED) is 0.828.